The van der Waals surface area contributed by atoms with E-state index in [1.807, 2.05) is 24.3 Å². The van der Waals surface area contributed by atoms with Gasteiger partial charge >= 0.3 is 0 Å². The summed E-state index contributed by atoms with van der Waals surface area (Å²) in [5.74, 6) is 1.48. The summed E-state index contributed by atoms with van der Waals surface area (Å²) in [6, 6.07) is 10.9. The van der Waals surface area contributed by atoms with Crippen LogP contribution in [0.4, 0.5) is 5.69 Å². The molecular formula is C18H17NO6. The van der Waals surface area contributed by atoms with E-state index in [1.165, 1.54) is 0 Å². The van der Waals surface area contributed by atoms with Gasteiger partial charge in [0.2, 0.25) is 5.91 Å². The molecule has 7 heteroatoms. The van der Waals surface area contributed by atoms with Crippen LogP contribution in [0.5, 0.6) is 17.2 Å². The molecule has 2 aromatic rings. The van der Waals surface area contributed by atoms with Crippen LogP contribution in [0.25, 0.3) is 0 Å². The summed E-state index contributed by atoms with van der Waals surface area (Å²) in [7, 11) is 0. The number of phenolic OH excluding ortho intramolecular Hbond substituents is 1. The first kappa shape index (κ1) is 16.6. The van der Waals surface area contributed by atoms with Crippen molar-refractivity contribution >= 4 is 18.1 Å². The maximum absolute atomic E-state index is 12.0. The van der Waals surface area contributed by atoms with Crippen molar-refractivity contribution in [2.75, 3.05) is 18.5 Å². The molecule has 4 rings (SSSR count). The number of fused-ring (bicyclic) bond motifs is 2. The van der Waals surface area contributed by atoms with Crippen molar-refractivity contribution in [1.29, 1.82) is 0 Å². The number of rotatable bonds is 1. The zero-order valence-electron chi connectivity index (χ0n) is 13.3. The van der Waals surface area contributed by atoms with Crippen molar-refractivity contribution in [3.63, 3.8) is 0 Å². The van der Waals surface area contributed by atoms with Gasteiger partial charge in [0.1, 0.15) is 19.0 Å². The van der Waals surface area contributed by atoms with Gasteiger partial charge in [0, 0.05) is 24.1 Å². The molecule has 0 saturated heterocycles. The summed E-state index contributed by atoms with van der Waals surface area (Å²) in [5.41, 5.74) is 2.66. The minimum atomic E-state index is -0.250. The molecule has 2 aliphatic rings. The van der Waals surface area contributed by atoms with Gasteiger partial charge in [0.25, 0.3) is 6.47 Å². The van der Waals surface area contributed by atoms with Gasteiger partial charge in [-0.2, -0.15) is 0 Å². The highest BCUT2D eigenvalue weighted by atomic mass is 16.6. The van der Waals surface area contributed by atoms with Gasteiger partial charge in [-0.05, 0) is 29.3 Å². The summed E-state index contributed by atoms with van der Waals surface area (Å²) < 4.78 is 11.2. The number of phenols is 1. The lowest BCUT2D eigenvalue weighted by Gasteiger charge is -2.27. The van der Waals surface area contributed by atoms with Crippen molar-refractivity contribution in [3.8, 4) is 17.2 Å². The fourth-order valence-electron chi connectivity index (χ4n) is 3.03. The van der Waals surface area contributed by atoms with Gasteiger partial charge in [-0.15, -0.1) is 0 Å². The van der Waals surface area contributed by atoms with Gasteiger partial charge in [-0.3, -0.25) is 9.59 Å². The van der Waals surface area contributed by atoms with Crippen LogP contribution >= 0.6 is 0 Å². The van der Waals surface area contributed by atoms with Gasteiger partial charge in [0.05, 0.1) is 0 Å². The minimum Gasteiger partial charge on any atom is -0.508 e. The Morgan fingerprint density at radius 3 is 2.56 bits per heavy atom. The minimum absolute atomic E-state index is 0.0554. The molecule has 1 unspecified atom stereocenters. The predicted octanol–water partition coefficient (Wildman–Crippen LogP) is 2.34. The van der Waals surface area contributed by atoms with Crippen LogP contribution in [-0.2, 0) is 9.59 Å². The highest BCUT2D eigenvalue weighted by Gasteiger charge is 2.27. The smallest absolute Gasteiger partial charge is 0.290 e. The van der Waals surface area contributed by atoms with Crippen molar-refractivity contribution in [2.45, 2.75) is 12.3 Å². The molecule has 1 amide bonds. The van der Waals surface area contributed by atoms with Crippen LogP contribution in [0, 0.1) is 0 Å². The number of nitrogens with one attached hydrogen (secondary N) is 1. The van der Waals surface area contributed by atoms with Gasteiger partial charge in [-0.25, -0.2) is 0 Å². The molecule has 2 heterocycles. The number of hydrogen-bond donors (Lipinski definition) is 3. The predicted molar refractivity (Wildman–Crippen MR) is 89.3 cm³/mol. The Morgan fingerprint density at radius 2 is 1.80 bits per heavy atom. The quantitative estimate of drug-likeness (QED) is 0.687. The van der Waals surface area contributed by atoms with Crippen molar-refractivity contribution < 1.29 is 29.3 Å². The van der Waals surface area contributed by atoms with E-state index in [-0.39, 0.29) is 24.0 Å². The van der Waals surface area contributed by atoms with E-state index in [1.54, 1.807) is 12.1 Å². The molecule has 1 atom stereocenters. The molecular weight excluding hydrogens is 326 g/mol. The number of carbonyl (C=O) groups excluding carboxylic acids is 1. The molecule has 25 heavy (non-hydrogen) atoms. The number of benzene rings is 2. The van der Waals surface area contributed by atoms with Crippen molar-refractivity contribution in [1.82, 2.24) is 0 Å². The van der Waals surface area contributed by atoms with E-state index >= 15 is 0 Å². The first-order valence-corrected chi connectivity index (χ1v) is 7.72. The fourth-order valence-corrected chi connectivity index (χ4v) is 3.03. The summed E-state index contributed by atoms with van der Waals surface area (Å²) >= 11 is 0. The molecule has 7 nitrogen and oxygen atoms in total. The number of amides is 1. The Kier molecular flexibility index (Phi) is 4.74. The number of hydrogen-bond acceptors (Lipinski definition) is 5. The average molecular weight is 343 g/mol. The summed E-state index contributed by atoms with van der Waals surface area (Å²) in [6.07, 6.45) is 0.372. The van der Waals surface area contributed by atoms with Crippen molar-refractivity contribution in [3.05, 3.63) is 47.5 Å². The third-order valence-electron chi connectivity index (χ3n) is 4.04. The Hall–Kier alpha value is -3.22. The van der Waals surface area contributed by atoms with Crippen LogP contribution in [0.2, 0.25) is 0 Å². The van der Waals surface area contributed by atoms with E-state index in [4.69, 9.17) is 19.4 Å². The van der Waals surface area contributed by atoms with Crippen LogP contribution in [0.15, 0.2) is 36.4 Å². The number of carbonyl (C=O) groups is 2. The Morgan fingerprint density at radius 1 is 1.08 bits per heavy atom. The second-order valence-corrected chi connectivity index (χ2v) is 5.58. The number of anilines is 1. The van der Waals surface area contributed by atoms with Gasteiger partial charge in [0.15, 0.2) is 11.5 Å². The molecule has 0 aromatic heterocycles. The number of ether oxygens (including phenoxy) is 2. The summed E-state index contributed by atoms with van der Waals surface area (Å²) in [6.45, 7) is 0.840. The third-order valence-corrected chi connectivity index (χ3v) is 4.04. The van der Waals surface area contributed by atoms with Gasteiger partial charge in [-0.1, -0.05) is 12.1 Å². The highest BCUT2D eigenvalue weighted by Crippen LogP contribution is 2.41. The fraction of sp³-hybridized carbons (Fsp3) is 0.222. The SMILES string of the molecule is O=C1CC(c2ccc3c(c2)OCCO3)c2ccc(O)cc2N1.O=CO. The molecule has 0 saturated carbocycles. The van der Waals surface area contributed by atoms with Crippen molar-refractivity contribution in [2.24, 2.45) is 0 Å². The maximum atomic E-state index is 12.0. The third kappa shape index (κ3) is 3.50. The van der Waals surface area contributed by atoms with E-state index in [0.717, 1.165) is 22.6 Å². The maximum Gasteiger partial charge on any atom is 0.290 e. The first-order chi connectivity index (χ1) is 12.1. The van der Waals surface area contributed by atoms with E-state index in [2.05, 4.69) is 5.32 Å². The molecule has 0 fully saturated rings. The number of aromatic hydroxyl groups is 1. The molecule has 0 radical (unpaired) electrons. The lowest BCUT2D eigenvalue weighted by Crippen LogP contribution is -2.23. The largest absolute Gasteiger partial charge is 0.508 e. The summed E-state index contributed by atoms with van der Waals surface area (Å²) in [5, 5.41) is 19.3. The molecule has 3 N–H and O–H groups in total. The number of carboxylic acid groups (broad SMARTS) is 1. The molecule has 2 aromatic carbocycles. The van der Waals surface area contributed by atoms with E-state index in [9.17, 15) is 9.90 Å². The standard InChI is InChI=1S/C17H15NO4.CH2O2/c19-11-2-3-12-13(9-17(20)18-14(12)8-11)10-1-4-15-16(7-10)22-6-5-21-15;2-1-3/h1-4,7-8,13,19H,5-6,9H2,(H,18,20);1H,(H,2,3). The van der Waals surface area contributed by atoms with Crippen LogP contribution < -0.4 is 14.8 Å². The van der Waals surface area contributed by atoms with Crippen LogP contribution in [0.3, 0.4) is 0 Å². The Bertz CT molecular complexity index is 804. The van der Waals surface area contributed by atoms with E-state index < -0.39 is 0 Å². The monoisotopic (exact) mass is 343 g/mol. The van der Waals surface area contributed by atoms with Crippen LogP contribution in [-0.4, -0.2) is 35.8 Å². The molecule has 2 aliphatic heterocycles. The second kappa shape index (κ2) is 7.12. The summed E-state index contributed by atoms with van der Waals surface area (Å²) in [4.78, 5) is 20.3. The zero-order valence-corrected chi connectivity index (χ0v) is 13.3. The molecule has 0 spiro atoms. The van der Waals surface area contributed by atoms with Gasteiger partial charge < -0.3 is 25.0 Å². The highest BCUT2D eigenvalue weighted by molar-refractivity contribution is 5.95. The lowest BCUT2D eigenvalue weighted by atomic mass is 9.84. The van der Waals surface area contributed by atoms with Crippen LogP contribution in [0.1, 0.15) is 23.5 Å². The Balaban J connectivity index is 0.000000569. The molecule has 130 valence electrons. The second-order valence-electron chi connectivity index (χ2n) is 5.58. The average Bonchev–Trinajstić information content (AvgIpc) is 2.61. The molecule has 0 aliphatic carbocycles. The molecule has 0 bridgehead atoms. The first-order valence-electron chi connectivity index (χ1n) is 7.72. The lowest BCUT2D eigenvalue weighted by molar-refractivity contribution is -0.123. The zero-order chi connectivity index (χ0) is 17.8. The normalized spacial score (nSPS) is 17.4. The topological polar surface area (TPSA) is 105 Å². The van der Waals surface area contributed by atoms with E-state index in [0.29, 0.717) is 25.3 Å². The Labute approximate surface area is 143 Å².